The first kappa shape index (κ1) is 20.6. The van der Waals surface area contributed by atoms with Gasteiger partial charge in [-0.25, -0.2) is 13.1 Å². The van der Waals surface area contributed by atoms with Crippen molar-refractivity contribution in [2.75, 3.05) is 11.9 Å². The molecule has 1 amide bonds. The molecule has 2 aromatic rings. The second kappa shape index (κ2) is 7.92. The van der Waals surface area contributed by atoms with Gasteiger partial charge >= 0.3 is 6.18 Å². The number of carbonyl (C=O) groups excluding carboxylic acids is 1. The molecule has 0 unspecified atom stereocenters. The van der Waals surface area contributed by atoms with Crippen LogP contribution >= 0.6 is 22.6 Å². The fraction of sp³-hybridized carbons (Fsp3) is 0.188. The average Bonchev–Trinajstić information content (AvgIpc) is 2.55. The van der Waals surface area contributed by atoms with Crippen LogP contribution in [-0.4, -0.2) is 20.9 Å². The van der Waals surface area contributed by atoms with Gasteiger partial charge in [-0.3, -0.25) is 4.79 Å². The second-order valence-corrected chi connectivity index (χ2v) is 8.37. The van der Waals surface area contributed by atoms with Gasteiger partial charge in [-0.1, -0.05) is 6.07 Å². The summed E-state index contributed by atoms with van der Waals surface area (Å²) in [4.78, 5) is 11.4. The maximum absolute atomic E-state index is 12.7. The molecule has 0 atom stereocenters. The van der Waals surface area contributed by atoms with Gasteiger partial charge in [-0.2, -0.15) is 13.2 Å². The van der Waals surface area contributed by atoms with E-state index in [1.807, 2.05) is 10.8 Å². The lowest BCUT2D eigenvalue weighted by molar-refractivity contribution is -0.137. The molecule has 140 valence electrons. The first-order valence-electron chi connectivity index (χ1n) is 7.22. The van der Waals surface area contributed by atoms with Crippen molar-refractivity contribution in [1.82, 2.24) is 4.72 Å². The average molecular weight is 498 g/mol. The number of amides is 1. The molecule has 0 aromatic heterocycles. The zero-order valence-corrected chi connectivity index (χ0v) is 16.4. The third kappa shape index (κ3) is 5.42. The van der Waals surface area contributed by atoms with Crippen LogP contribution < -0.4 is 10.0 Å². The van der Waals surface area contributed by atoms with Crippen molar-refractivity contribution >= 4 is 44.2 Å². The van der Waals surface area contributed by atoms with Crippen molar-refractivity contribution in [3.63, 3.8) is 0 Å². The lowest BCUT2D eigenvalue weighted by Crippen LogP contribution is -2.33. The first-order chi connectivity index (χ1) is 12.0. The van der Waals surface area contributed by atoms with Gasteiger partial charge in [0.1, 0.15) is 0 Å². The van der Waals surface area contributed by atoms with E-state index in [1.54, 1.807) is 19.1 Å². The van der Waals surface area contributed by atoms with Gasteiger partial charge in [0.15, 0.2) is 0 Å². The zero-order valence-electron chi connectivity index (χ0n) is 13.4. The van der Waals surface area contributed by atoms with E-state index in [1.165, 1.54) is 0 Å². The van der Waals surface area contributed by atoms with Gasteiger partial charge in [0.2, 0.25) is 15.9 Å². The van der Waals surface area contributed by atoms with Gasteiger partial charge < -0.3 is 5.32 Å². The Kier molecular flexibility index (Phi) is 6.29. The Bertz CT molecular complexity index is 931. The molecule has 0 aliphatic carbocycles. The highest BCUT2D eigenvalue weighted by atomic mass is 127. The summed E-state index contributed by atoms with van der Waals surface area (Å²) in [7, 11) is -4.26. The molecule has 26 heavy (non-hydrogen) atoms. The molecule has 5 nitrogen and oxygen atoms in total. The zero-order chi connectivity index (χ0) is 19.5. The summed E-state index contributed by atoms with van der Waals surface area (Å²) in [6.07, 6.45) is -4.66. The molecule has 0 fully saturated rings. The van der Waals surface area contributed by atoms with E-state index in [-0.39, 0.29) is 0 Å². The van der Waals surface area contributed by atoms with Gasteiger partial charge in [0.25, 0.3) is 0 Å². The van der Waals surface area contributed by atoms with E-state index in [4.69, 9.17) is 0 Å². The highest BCUT2D eigenvalue weighted by Gasteiger charge is 2.31. The van der Waals surface area contributed by atoms with Gasteiger partial charge in [-0.05, 0) is 71.5 Å². The monoisotopic (exact) mass is 498 g/mol. The first-order valence-corrected chi connectivity index (χ1v) is 9.78. The van der Waals surface area contributed by atoms with Crippen molar-refractivity contribution < 1.29 is 26.4 Å². The number of rotatable bonds is 5. The topological polar surface area (TPSA) is 75.3 Å². The Hall–Kier alpha value is -1.66. The molecule has 0 heterocycles. The number of halogens is 4. The SMILES string of the molecule is Cc1cc(I)ccc1NC(=O)CNS(=O)(=O)c1cccc(C(F)(F)F)c1. The summed E-state index contributed by atoms with van der Waals surface area (Å²) in [5.74, 6) is -0.634. The molecule has 0 bridgehead atoms. The fourth-order valence-corrected chi connectivity index (χ4v) is 3.72. The quantitative estimate of drug-likeness (QED) is 0.620. The fourth-order valence-electron chi connectivity index (χ4n) is 2.05. The molecular weight excluding hydrogens is 484 g/mol. The largest absolute Gasteiger partial charge is 0.416 e. The van der Waals surface area contributed by atoms with Crippen LogP contribution in [0.15, 0.2) is 47.4 Å². The number of hydrogen-bond acceptors (Lipinski definition) is 3. The van der Waals surface area contributed by atoms with Crippen LogP contribution in [0.4, 0.5) is 18.9 Å². The van der Waals surface area contributed by atoms with E-state index < -0.39 is 39.1 Å². The highest BCUT2D eigenvalue weighted by molar-refractivity contribution is 14.1. The standard InChI is InChI=1S/C16H14F3IN2O3S/c1-10-7-12(20)5-6-14(10)22-15(23)9-21-26(24,25)13-4-2-3-11(8-13)16(17,18)19/h2-8,21H,9H2,1H3,(H,22,23). The van der Waals surface area contributed by atoms with Crippen LogP contribution in [0.25, 0.3) is 0 Å². The normalized spacial score (nSPS) is 12.0. The lowest BCUT2D eigenvalue weighted by Gasteiger charge is -2.11. The van der Waals surface area contributed by atoms with E-state index in [9.17, 15) is 26.4 Å². The minimum Gasteiger partial charge on any atom is -0.325 e. The summed E-state index contributed by atoms with van der Waals surface area (Å²) in [6.45, 7) is 1.18. The maximum Gasteiger partial charge on any atom is 0.416 e. The summed E-state index contributed by atoms with van der Waals surface area (Å²) in [6, 6.07) is 8.59. The molecular formula is C16H14F3IN2O3S. The van der Waals surface area contributed by atoms with Crippen LogP contribution in [0.3, 0.4) is 0 Å². The Balaban J connectivity index is 2.07. The minimum atomic E-state index is -4.66. The minimum absolute atomic E-state index is 0.517. The molecule has 2 N–H and O–H groups in total. The molecule has 0 aliphatic heterocycles. The Morgan fingerprint density at radius 3 is 2.46 bits per heavy atom. The third-order valence-electron chi connectivity index (χ3n) is 3.36. The summed E-state index contributed by atoms with van der Waals surface area (Å²) in [5.41, 5.74) is 0.235. The summed E-state index contributed by atoms with van der Waals surface area (Å²) in [5, 5.41) is 2.55. The molecule has 2 aromatic carbocycles. The number of hydrogen-bond donors (Lipinski definition) is 2. The molecule has 0 saturated heterocycles. The molecule has 0 spiro atoms. The Morgan fingerprint density at radius 2 is 1.85 bits per heavy atom. The highest BCUT2D eigenvalue weighted by Crippen LogP contribution is 2.30. The maximum atomic E-state index is 12.7. The van der Waals surface area contributed by atoms with E-state index in [2.05, 4.69) is 27.9 Å². The van der Waals surface area contributed by atoms with E-state index in [0.717, 1.165) is 27.3 Å². The van der Waals surface area contributed by atoms with Crippen LogP contribution in [0, 0.1) is 10.5 Å². The number of anilines is 1. The van der Waals surface area contributed by atoms with Gasteiger partial charge in [0.05, 0.1) is 17.0 Å². The van der Waals surface area contributed by atoms with Crippen molar-refractivity contribution in [1.29, 1.82) is 0 Å². The number of sulfonamides is 1. The van der Waals surface area contributed by atoms with Crippen LogP contribution in [0.2, 0.25) is 0 Å². The Labute approximate surface area is 162 Å². The van der Waals surface area contributed by atoms with Crippen molar-refractivity contribution in [3.8, 4) is 0 Å². The second-order valence-electron chi connectivity index (χ2n) is 5.36. The van der Waals surface area contributed by atoms with Gasteiger partial charge in [0, 0.05) is 9.26 Å². The predicted octanol–water partition coefficient (Wildman–Crippen LogP) is 3.54. The van der Waals surface area contributed by atoms with Crippen molar-refractivity contribution in [2.45, 2.75) is 18.0 Å². The van der Waals surface area contributed by atoms with Crippen LogP contribution in [-0.2, 0) is 21.0 Å². The predicted molar refractivity (Wildman–Crippen MR) is 99.2 cm³/mol. The molecule has 2 rings (SSSR count). The molecule has 0 aliphatic rings. The number of alkyl halides is 3. The van der Waals surface area contributed by atoms with E-state index in [0.29, 0.717) is 11.8 Å². The van der Waals surface area contributed by atoms with Crippen molar-refractivity contribution in [3.05, 3.63) is 57.2 Å². The van der Waals surface area contributed by atoms with Crippen molar-refractivity contribution in [2.24, 2.45) is 0 Å². The lowest BCUT2D eigenvalue weighted by atomic mass is 10.2. The molecule has 0 saturated carbocycles. The number of carbonyl (C=O) groups is 1. The summed E-state index contributed by atoms with van der Waals surface area (Å²) < 4.78 is 65.3. The van der Waals surface area contributed by atoms with Crippen LogP contribution in [0.5, 0.6) is 0 Å². The van der Waals surface area contributed by atoms with Crippen LogP contribution in [0.1, 0.15) is 11.1 Å². The summed E-state index contributed by atoms with van der Waals surface area (Å²) >= 11 is 2.11. The van der Waals surface area contributed by atoms with Gasteiger partial charge in [-0.15, -0.1) is 0 Å². The molecule has 10 heteroatoms. The number of aryl methyl sites for hydroxylation is 1. The smallest absolute Gasteiger partial charge is 0.325 e. The third-order valence-corrected chi connectivity index (χ3v) is 5.43. The number of nitrogens with one attached hydrogen (secondary N) is 2. The molecule has 0 radical (unpaired) electrons. The number of benzene rings is 2. The van der Waals surface area contributed by atoms with E-state index >= 15 is 0 Å². The Morgan fingerprint density at radius 1 is 1.15 bits per heavy atom.